The van der Waals surface area contributed by atoms with Crippen molar-refractivity contribution in [2.75, 3.05) is 37.4 Å². The first kappa shape index (κ1) is 13.6. The maximum absolute atomic E-state index is 11.6. The molecule has 0 saturated carbocycles. The number of hydrogen-bond donors (Lipinski definition) is 2. The van der Waals surface area contributed by atoms with Gasteiger partial charge < -0.3 is 20.5 Å². The van der Waals surface area contributed by atoms with E-state index in [0.717, 1.165) is 25.9 Å². The van der Waals surface area contributed by atoms with Crippen molar-refractivity contribution >= 4 is 17.5 Å². The summed E-state index contributed by atoms with van der Waals surface area (Å²) in [6.45, 7) is 1.79. The van der Waals surface area contributed by atoms with Gasteiger partial charge >= 0.3 is 5.97 Å². The van der Waals surface area contributed by atoms with Crippen molar-refractivity contribution in [1.29, 1.82) is 0 Å². The molecule has 104 valence electrons. The van der Waals surface area contributed by atoms with Crippen molar-refractivity contribution in [3.63, 3.8) is 0 Å². The summed E-state index contributed by atoms with van der Waals surface area (Å²) in [7, 11) is 1.32. The molecule has 0 amide bonds. The lowest BCUT2D eigenvalue weighted by atomic mass is 9.99. The number of piperidine rings is 1. The molecule has 1 aromatic rings. The van der Waals surface area contributed by atoms with Gasteiger partial charge in [0.25, 0.3) is 0 Å². The van der Waals surface area contributed by atoms with Gasteiger partial charge in [-0.2, -0.15) is 0 Å². The minimum Gasteiger partial charge on any atom is -0.465 e. The van der Waals surface area contributed by atoms with Crippen LogP contribution in [-0.2, 0) is 4.74 Å². The van der Waals surface area contributed by atoms with Crippen molar-refractivity contribution in [1.82, 2.24) is 4.98 Å². The van der Waals surface area contributed by atoms with E-state index in [2.05, 4.69) is 9.88 Å². The highest BCUT2D eigenvalue weighted by atomic mass is 16.5. The quantitative estimate of drug-likeness (QED) is 0.780. The zero-order valence-electron chi connectivity index (χ0n) is 11.0. The molecule has 1 fully saturated rings. The zero-order chi connectivity index (χ0) is 13.8. The van der Waals surface area contributed by atoms with Crippen LogP contribution in [0, 0.1) is 5.92 Å². The molecule has 3 N–H and O–H groups in total. The first-order chi connectivity index (χ1) is 9.15. The van der Waals surface area contributed by atoms with Crippen LogP contribution in [0.1, 0.15) is 23.2 Å². The number of aliphatic hydroxyl groups excluding tert-OH is 1. The average Bonchev–Trinajstić information content (AvgIpc) is 2.47. The number of rotatable bonds is 3. The van der Waals surface area contributed by atoms with E-state index in [-0.39, 0.29) is 12.5 Å². The lowest BCUT2D eigenvalue weighted by Gasteiger charge is -2.32. The summed E-state index contributed by atoms with van der Waals surface area (Å²) in [5.74, 6) is 0.499. The summed E-state index contributed by atoms with van der Waals surface area (Å²) < 4.78 is 4.70. The van der Waals surface area contributed by atoms with E-state index in [1.54, 1.807) is 6.07 Å². The van der Waals surface area contributed by atoms with Gasteiger partial charge in [0, 0.05) is 19.7 Å². The maximum Gasteiger partial charge on any atom is 0.340 e. The van der Waals surface area contributed by atoms with Gasteiger partial charge in [-0.05, 0) is 24.8 Å². The van der Waals surface area contributed by atoms with Crippen molar-refractivity contribution in [3.05, 3.63) is 17.8 Å². The van der Waals surface area contributed by atoms with Gasteiger partial charge in [0.15, 0.2) is 0 Å². The van der Waals surface area contributed by atoms with Crippen molar-refractivity contribution in [3.8, 4) is 0 Å². The van der Waals surface area contributed by atoms with Crippen molar-refractivity contribution in [2.24, 2.45) is 5.92 Å². The number of ether oxygens (including phenoxy) is 1. The summed E-state index contributed by atoms with van der Waals surface area (Å²) >= 11 is 0. The number of aromatic nitrogens is 1. The maximum atomic E-state index is 11.6. The minimum atomic E-state index is -0.461. The Hall–Kier alpha value is -1.82. The van der Waals surface area contributed by atoms with Gasteiger partial charge in [0.1, 0.15) is 5.82 Å². The van der Waals surface area contributed by atoms with Crippen LogP contribution in [0.15, 0.2) is 12.3 Å². The monoisotopic (exact) mass is 265 g/mol. The Morgan fingerprint density at radius 1 is 1.68 bits per heavy atom. The molecule has 2 heterocycles. The second kappa shape index (κ2) is 5.88. The van der Waals surface area contributed by atoms with Crippen LogP contribution in [0.25, 0.3) is 0 Å². The van der Waals surface area contributed by atoms with Crippen molar-refractivity contribution in [2.45, 2.75) is 12.8 Å². The van der Waals surface area contributed by atoms with E-state index < -0.39 is 5.97 Å². The minimum absolute atomic E-state index is 0.176. The van der Waals surface area contributed by atoms with E-state index in [1.165, 1.54) is 13.3 Å². The molecule has 0 bridgehead atoms. The summed E-state index contributed by atoms with van der Waals surface area (Å²) in [5.41, 5.74) is 6.37. The molecule has 2 rings (SSSR count). The molecule has 0 radical (unpaired) electrons. The van der Waals surface area contributed by atoms with Crippen LogP contribution in [0.3, 0.4) is 0 Å². The standard InChI is InChI=1S/C13H19N3O3/c1-19-13(18)10-5-12(15-6-11(10)14)16-4-2-3-9(7-16)8-17/h5-6,9,17H,2-4,7-8,14H2,1H3. The number of nitrogen functional groups attached to an aromatic ring is 1. The fraction of sp³-hybridized carbons (Fsp3) is 0.538. The van der Waals surface area contributed by atoms with Gasteiger partial charge in [-0.25, -0.2) is 9.78 Å². The van der Waals surface area contributed by atoms with Gasteiger partial charge in [0.2, 0.25) is 0 Å². The number of nitrogens with zero attached hydrogens (tertiary/aromatic N) is 2. The van der Waals surface area contributed by atoms with E-state index in [9.17, 15) is 9.90 Å². The number of esters is 1. The number of carbonyl (C=O) groups excluding carboxylic acids is 1. The molecule has 1 unspecified atom stereocenters. The number of nitrogens with two attached hydrogens (primary N) is 1. The van der Waals surface area contributed by atoms with E-state index in [0.29, 0.717) is 17.1 Å². The Bertz CT molecular complexity index is 464. The third-order valence-corrected chi connectivity index (χ3v) is 3.43. The van der Waals surface area contributed by atoms with Gasteiger partial charge in [-0.1, -0.05) is 0 Å². The van der Waals surface area contributed by atoms with Crippen LogP contribution in [0.2, 0.25) is 0 Å². The number of methoxy groups -OCH3 is 1. The Kier molecular flexibility index (Phi) is 4.21. The lowest BCUT2D eigenvalue weighted by molar-refractivity contribution is 0.0602. The average molecular weight is 265 g/mol. The molecular formula is C13H19N3O3. The topological polar surface area (TPSA) is 88.7 Å². The first-order valence-electron chi connectivity index (χ1n) is 6.35. The van der Waals surface area contributed by atoms with Crippen LogP contribution in [0.4, 0.5) is 11.5 Å². The molecule has 1 aliphatic heterocycles. The number of pyridine rings is 1. The molecular weight excluding hydrogens is 246 g/mol. The predicted octanol–water partition coefficient (Wildman–Crippen LogP) is 0.659. The Labute approximate surface area is 112 Å². The zero-order valence-corrected chi connectivity index (χ0v) is 11.0. The Morgan fingerprint density at radius 2 is 2.47 bits per heavy atom. The number of anilines is 2. The summed E-state index contributed by atoms with van der Waals surface area (Å²) in [5, 5.41) is 9.24. The summed E-state index contributed by atoms with van der Waals surface area (Å²) in [6.07, 6.45) is 3.50. The fourth-order valence-electron chi connectivity index (χ4n) is 2.34. The Morgan fingerprint density at radius 3 is 3.16 bits per heavy atom. The van der Waals surface area contributed by atoms with Crippen LogP contribution in [0.5, 0.6) is 0 Å². The first-order valence-corrected chi connectivity index (χ1v) is 6.35. The van der Waals surface area contributed by atoms with E-state index in [1.807, 2.05) is 0 Å². The van der Waals surface area contributed by atoms with Crippen LogP contribution < -0.4 is 10.6 Å². The highest BCUT2D eigenvalue weighted by Gasteiger charge is 2.22. The number of carbonyl (C=O) groups is 1. The fourth-order valence-corrected chi connectivity index (χ4v) is 2.34. The molecule has 1 saturated heterocycles. The summed E-state index contributed by atoms with van der Waals surface area (Å²) in [6, 6.07) is 1.65. The van der Waals surface area contributed by atoms with Gasteiger partial charge in [-0.15, -0.1) is 0 Å². The molecule has 1 atom stereocenters. The molecule has 19 heavy (non-hydrogen) atoms. The molecule has 1 aliphatic rings. The van der Waals surface area contributed by atoms with E-state index >= 15 is 0 Å². The predicted molar refractivity (Wildman–Crippen MR) is 72.0 cm³/mol. The molecule has 0 spiro atoms. The highest BCUT2D eigenvalue weighted by molar-refractivity contribution is 5.95. The molecule has 0 aromatic carbocycles. The highest BCUT2D eigenvalue weighted by Crippen LogP contribution is 2.24. The normalized spacial score (nSPS) is 19.3. The van der Waals surface area contributed by atoms with Crippen molar-refractivity contribution < 1.29 is 14.6 Å². The third-order valence-electron chi connectivity index (χ3n) is 3.43. The largest absolute Gasteiger partial charge is 0.465 e. The third kappa shape index (κ3) is 2.96. The van der Waals surface area contributed by atoms with Gasteiger partial charge in [-0.3, -0.25) is 0 Å². The second-order valence-corrected chi connectivity index (χ2v) is 4.76. The second-order valence-electron chi connectivity index (χ2n) is 4.76. The number of aliphatic hydroxyl groups is 1. The van der Waals surface area contributed by atoms with E-state index in [4.69, 9.17) is 10.5 Å². The molecule has 6 nitrogen and oxygen atoms in total. The summed E-state index contributed by atoms with van der Waals surface area (Å²) in [4.78, 5) is 17.9. The number of hydrogen-bond acceptors (Lipinski definition) is 6. The lowest BCUT2D eigenvalue weighted by Crippen LogP contribution is -2.37. The molecule has 1 aromatic heterocycles. The molecule has 0 aliphatic carbocycles. The van der Waals surface area contributed by atoms with Crippen LogP contribution in [-0.4, -0.2) is 42.9 Å². The molecule has 6 heteroatoms. The van der Waals surface area contributed by atoms with Crippen LogP contribution >= 0.6 is 0 Å². The Balaban J connectivity index is 2.22. The SMILES string of the molecule is COC(=O)c1cc(N2CCCC(CO)C2)ncc1N. The van der Waals surface area contributed by atoms with Gasteiger partial charge in [0.05, 0.1) is 24.6 Å². The smallest absolute Gasteiger partial charge is 0.340 e.